The minimum absolute atomic E-state index is 0.734. The Morgan fingerprint density at radius 2 is 2.00 bits per heavy atom. The highest BCUT2D eigenvalue weighted by Crippen LogP contribution is 2.13. The predicted octanol–water partition coefficient (Wildman–Crippen LogP) is 3.35. The summed E-state index contributed by atoms with van der Waals surface area (Å²) in [7, 11) is 0. The number of hydrogen-bond acceptors (Lipinski definition) is 2. The van der Waals surface area contributed by atoms with Crippen molar-refractivity contribution in [1.82, 2.24) is 0 Å². The van der Waals surface area contributed by atoms with Gasteiger partial charge in [-0.05, 0) is 30.2 Å². The minimum atomic E-state index is -0.940. The standard InChI is InChI=1S/C14H18O3/c1-2-3-4-11-17-13-8-5-12(6-9-13)7-10-14(15)16/h5-10H,2-4,11H2,1H3,(H,15,16)/b10-7-. The maximum atomic E-state index is 10.3. The van der Waals surface area contributed by atoms with Crippen LogP contribution in [-0.4, -0.2) is 17.7 Å². The third-order valence-electron chi connectivity index (χ3n) is 2.32. The van der Waals surface area contributed by atoms with Crippen LogP contribution >= 0.6 is 0 Å². The Kier molecular flexibility index (Phi) is 5.86. The van der Waals surface area contributed by atoms with Gasteiger partial charge in [-0.3, -0.25) is 0 Å². The average Bonchev–Trinajstić information content (AvgIpc) is 2.33. The molecule has 0 spiro atoms. The number of ether oxygens (including phenoxy) is 1. The zero-order chi connectivity index (χ0) is 12.5. The molecule has 17 heavy (non-hydrogen) atoms. The van der Waals surface area contributed by atoms with Gasteiger partial charge in [0.25, 0.3) is 0 Å². The molecule has 92 valence electrons. The number of aliphatic carboxylic acids is 1. The normalized spacial score (nSPS) is 10.6. The maximum Gasteiger partial charge on any atom is 0.328 e. The van der Waals surface area contributed by atoms with Gasteiger partial charge in [0.15, 0.2) is 0 Å². The number of carboxylic acids is 1. The molecule has 0 aliphatic heterocycles. The topological polar surface area (TPSA) is 46.5 Å². The second kappa shape index (κ2) is 7.49. The van der Waals surface area contributed by atoms with E-state index in [4.69, 9.17) is 9.84 Å². The summed E-state index contributed by atoms with van der Waals surface area (Å²) in [6.45, 7) is 2.89. The first-order valence-electron chi connectivity index (χ1n) is 5.86. The first kappa shape index (κ1) is 13.3. The summed E-state index contributed by atoms with van der Waals surface area (Å²) in [5.74, 6) is -0.113. The van der Waals surface area contributed by atoms with Crippen LogP contribution in [0.2, 0.25) is 0 Å². The van der Waals surface area contributed by atoms with Gasteiger partial charge in [-0.15, -0.1) is 0 Å². The van der Waals surface area contributed by atoms with Crippen LogP contribution in [0.25, 0.3) is 6.08 Å². The molecule has 0 aliphatic carbocycles. The van der Waals surface area contributed by atoms with Crippen LogP contribution in [0.15, 0.2) is 30.3 Å². The summed E-state index contributed by atoms with van der Waals surface area (Å²) >= 11 is 0. The SMILES string of the molecule is CCCCCOc1ccc(/C=C\C(=O)O)cc1. The number of rotatable bonds is 7. The Morgan fingerprint density at radius 1 is 1.29 bits per heavy atom. The number of unbranched alkanes of at least 4 members (excludes halogenated alkanes) is 2. The molecule has 3 heteroatoms. The van der Waals surface area contributed by atoms with Crippen molar-refractivity contribution in [1.29, 1.82) is 0 Å². The van der Waals surface area contributed by atoms with Crippen molar-refractivity contribution in [3.63, 3.8) is 0 Å². The Hall–Kier alpha value is -1.77. The first-order valence-corrected chi connectivity index (χ1v) is 5.86. The number of hydrogen-bond donors (Lipinski definition) is 1. The molecule has 0 aromatic heterocycles. The fourth-order valence-corrected chi connectivity index (χ4v) is 1.38. The average molecular weight is 234 g/mol. The van der Waals surface area contributed by atoms with Gasteiger partial charge in [-0.25, -0.2) is 4.79 Å². The van der Waals surface area contributed by atoms with Crippen molar-refractivity contribution < 1.29 is 14.6 Å². The molecule has 0 unspecified atom stereocenters. The Morgan fingerprint density at radius 3 is 2.59 bits per heavy atom. The molecular formula is C14H18O3. The first-order chi connectivity index (χ1) is 8.22. The summed E-state index contributed by atoms with van der Waals surface area (Å²) in [4.78, 5) is 10.3. The highest BCUT2D eigenvalue weighted by atomic mass is 16.5. The summed E-state index contributed by atoms with van der Waals surface area (Å²) in [5, 5.41) is 8.48. The summed E-state index contributed by atoms with van der Waals surface area (Å²) in [6, 6.07) is 7.39. The Balaban J connectivity index is 2.42. The molecule has 0 fully saturated rings. The van der Waals surface area contributed by atoms with Crippen molar-refractivity contribution in [2.75, 3.05) is 6.61 Å². The van der Waals surface area contributed by atoms with Crippen molar-refractivity contribution in [2.24, 2.45) is 0 Å². The van der Waals surface area contributed by atoms with Gasteiger partial charge < -0.3 is 9.84 Å². The zero-order valence-corrected chi connectivity index (χ0v) is 10.1. The molecule has 1 N–H and O–H groups in total. The molecule has 0 heterocycles. The van der Waals surface area contributed by atoms with Crippen LogP contribution in [0.3, 0.4) is 0 Å². The van der Waals surface area contributed by atoms with E-state index in [9.17, 15) is 4.79 Å². The van der Waals surface area contributed by atoms with E-state index in [1.54, 1.807) is 6.08 Å². The lowest BCUT2D eigenvalue weighted by Gasteiger charge is -2.05. The van der Waals surface area contributed by atoms with Crippen LogP contribution in [0, 0.1) is 0 Å². The van der Waals surface area contributed by atoms with Crippen molar-refractivity contribution >= 4 is 12.0 Å². The second-order valence-corrected chi connectivity index (χ2v) is 3.80. The van der Waals surface area contributed by atoms with E-state index in [0.29, 0.717) is 0 Å². The van der Waals surface area contributed by atoms with E-state index in [2.05, 4.69) is 6.92 Å². The minimum Gasteiger partial charge on any atom is -0.494 e. The fraction of sp³-hybridized carbons (Fsp3) is 0.357. The lowest BCUT2D eigenvalue weighted by molar-refractivity contribution is -0.131. The third kappa shape index (κ3) is 5.76. The lowest BCUT2D eigenvalue weighted by atomic mass is 10.2. The van der Waals surface area contributed by atoms with E-state index >= 15 is 0 Å². The smallest absolute Gasteiger partial charge is 0.328 e. The monoisotopic (exact) mass is 234 g/mol. The molecule has 0 saturated heterocycles. The predicted molar refractivity (Wildman–Crippen MR) is 68.1 cm³/mol. The zero-order valence-electron chi connectivity index (χ0n) is 10.1. The van der Waals surface area contributed by atoms with Gasteiger partial charge >= 0.3 is 5.97 Å². The van der Waals surface area contributed by atoms with Crippen molar-refractivity contribution in [3.05, 3.63) is 35.9 Å². The molecule has 0 atom stereocenters. The van der Waals surface area contributed by atoms with Crippen LogP contribution < -0.4 is 4.74 Å². The largest absolute Gasteiger partial charge is 0.494 e. The van der Waals surface area contributed by atoms with Gasteiger partial charge in [-0.2, -0.15) is 0 Å². The molecule has 1 aromatic rings. The third-order valence-corrected chi connectivity index (χ3v) is 2.32. The van der Waals surface area contributed by atoms with Crippen LogP contribution in [-0.2, 0) is 4.79 Å². The molecule has 0 aliphatic rings. The van der Waals surface area contributed by atoms with Gasteiger partial charge in [0.1, 0.15) is 5.75 Å². The van der Waals surface area contributed by atoms with E-state index in [0.717, 1.165) is 30.4 Å². The Labute approximate surface area is 102 Å². The molecule has 0 bridgehead atoms. The van der Waals surface area contributed by atoms with Crippen LogP contribution in [0.4, 0.5) is 0 Å². The Bertz CT molecular complexity index is 366. The molecular weight excluding hydrogens is 216 g/mol. The lowest BCUT2D eigenvalue weighted by Crippen LogP contribution is -1.96. The molecule has 0 saturated carbocycles. The summed E-state index contributed by atoms with van der Waals surface area (Å²) in [5.41, 5.74) is 0.855. The van der Waals surface area contributed by atoms with Crippen LogP contribution in [0.1, 0.15) is 31.7 Å². The molecule has 1 aromatic carbocycles. The van der Waals surface area contributed by atoms with E-state index < -0.39 is 5.97 Å². The number of carboxylic acid groups (broad SMARTS) is 1. The van der Waals surface area contributed by atoms with Gasteiger partial charge in [0.05, 0.1) is 6.61 Å². The van der Waals surface area contributed by atoms with Gasteiger partial charge in [0.2, 0.25) is 0 Å². The van der Waals surface area contributed by atoms with Gasteiger partial charge in [-0.1, -0.05) is 31.9 Å². The van der Waals surface area contributed by atoms with E-state index in [1.165, 1.54) is 12.8 Å². The van der Waals surface area contributed by atoms with Crippen molar-refractivity contribution in [3.8, 4) is 5.75 Å². The second-order valence-electron chi connectivity index (χ2n) is 3.80. The van der Waals surface area contributed by atoms with E-state index in [1.807, 2.05) is 24.3 Å². The summed E-state index contributed by atoms with van der Waals surface area (Å²) in [6.07, 6.45) is 6.11. The molecule has 0 amide bonds. The van der Waals surface area contributed by atoms with Crippen LogP contribution in [0.5, 0.6) is 5.75 Å². The molecule has 3 nitrogen and oxygen atoms in total. The quantitative estimate of drug-likeness (QED) is 0.581. The van der Waals surface area contributed by atoms with Crippen molar-refractivity contribution in [2.45, 2.75) is 26.2 Å². The van der Waals surface area contributed by atoms with E-state index in [-0.39, 0.29) is 0 Å². The van der Waals surface area contributed by atoms with Gasteiger partial charge in [0, 0.05) is 6.08 Å². The fourth-order valence-electron chi connectivity index (χ4n) is 1.38. The highest BCUT2D eigenvalue weighted by Gasteiger charge is 1.94. The number of carbonyl (C=O) groups is 1. The molecule has 0 radical (unpaired) electrons. The maximum absolute atomic E-state index is 10.3. The molecule has 1 rings (SSSR count). The summed E-state index contributed by atoms with van der Waals surface area (Å²) < 4.78 is 5.55. The highest BCUT2D eigenvalue weighted by molar-refractivity contribution is 5.85. The number of benzene rings is 1.